The first-order valence-electron chi connectivity index (χ1n) is 12.4. The molecule has 6 nitrogen and oxygen atoms in total. The van der Waals surface area contributed by atoms with Gasteiger partial charge < -0.3 is 14.0 Å². The van der Waals surface area contributed by atoms with E-state index < -0.39 is 7.67 Å². The fraction of sp³-hybridized carbons (Fsp3) is 0.760. The fourth-order valence-corrected chi connectivity index (χ4v) is 5.85. The number of aryl methyl sites for hydroxylation is 1. The Labute approximate surface area is 195 Å². The Kier molecular flexibility index (Phi) is 9.63. The van der Waals surface area contributed by atoms with Crippen LogP contribution in [0.3, 0.4) is 0 Å². The molecular formula is C25H43N2O4P. The lowest BCUT2D eigenvalue weighted by molar-refractivity contribution is 0.318. The molecular weight excluding hydrogens is 423 g/mol. The summed E-state index contributed by atoms with van der Waals surface area (Å²) in [5.74, 6) is 0.671. The molecule has 0 bridgehead atoms. The Balaban J connectivity index is 1.25. The molecule has 2 heterocycles. The summed E-state index contributed by atoms with van der Waals surface area (Å²) in [7, 11) is 4.11. The molecule has 0 N–H and O–H groups in total. The van der Waals surface area contributed by atoms with Crippen LogP contribution in [0, 0.1) is 0 Å². The van der Waals surface area contributed by atoms with Crippen LogP contribution in [0.2, 0.25) is 0 Å². The third kappa shape index (κ3) is 7.56. The predicted molar refractivity (Wildman–Crippen MR) is 130 cm³/mol. The molecule has 4 unspecified atom stereocenters. The van der Waals surface area contributed by atoms with Crippen LogP contribution in [-0.4, -0.2) is 61.9 Å². The minimum absolute atomic E-state index is 0.464. The normalized spacial score (nSPS) is 24.8. The first-order valence-corrected chi connectivity index (χ1v) is 13.9. The molecule has 7 heteroatoms. The highest BCUT2D eigenvalue weighted by Gasteiger charge is 2.47. The number of epoxide rings is 2. The van der Waals surface area contributed by atoms with Gasteiger partial charge in [-0.1, -0.05) is 51.2 Å². The van der Waals surface area contributed by atoms with Gasteiger partial charge in [0.1, 0.15) is 5.75 Å². The summed E-state index contributed by atoms with van der Waals surface area (Å²) in [5, 5.41) is 0. The molecule has 1 aromatic rings. The minimum Gasteiger partial charge on any atom is -0.422 e. The third-order valence-corrected chi connectivity index (χ3v) is 8.97. The van der Waals surface area contributed by atoms with Crippen LogP contribution >= 0.6 is 7.67 Å². The van der Waals surface area contributed by atoms with Crippen molar-refractivity contribution >= 4 is 7.67 Å². The van der Waals surface area contributed by atoms with E-state index in [1.54, 1.807) is 37.5 Å². The van der Waals surface area contributed by atoms with Crippen molar-refractivity contribution in [2.75, 3.05) is 28.2 Å². The molecule has 2 aliphatic rings. The van der Waals surface area contributed by atoms with Crippen LogP contribution in [0.25, 0.3) is 0 Å². The van der Waals surface area contributed by atoms with E-state index in [0.29, 0.717) is 30.2 Å². The highest BCUT2D eigenvalue weighted by molar-refractivity contribution is 7.54. The Morgan fingerprint density at radius 3 is 2.16 bits per heavy atom. The second-order valence-corrected chi connectivity index (χ2v) is 12.4. The quantitative estimate of drug-likeness (QED) is 0.172. The first kappa shape index (κ1) is 25.7. The van der Waals surface area contributed by atoms with Gasteiger partial charge in [0.05, 0.1) is 24.4 Å². The number of hydrogen-bond acceptors (Lipinski definition) is 4. The molecule has 32 heavy (non-hydrogen) atoms. The molecule has 0 saturated carbocycles. The summed E-state index contributed by atoms with van der Waals surface area (Å²) in [5.41, 5.74) is 1.24. The molecule has 0 aliphatic carbocycles. The largest absolute Gasteiger partial charge is 0.422 e. The maximum Gasteiger partial charge on any atom is 0.394 e. The molecule has 182 valence electrons. The van der Waals surface area contributed by atoms with E-state index in [0.717, 1.165) is 12.8 Å². The number of rotatable bonds is 16. The fourth-order valence-electron chi connectivity index (χ4n) is 4.42. The monoisotopic (exact) mass is 466 g/mol. The maximum atomic E-state index is 13.0. The zero-order valence-corrected chi connectivity index (χ0v) is 21.6. The van der Waals surface area contributed by atoms with E-state index >= 15 is 0 Å². The lowest BCUT2D eigenvalue weighted by Crippen LogP contribution is -2.24. The highest BCUT2D eigenvalue weighted by Crippen LogP contribution is 2.50. The zero-order chi connectivity index (χ0) is 23.1. The standard InChI is InChI=1S/C25H43N2O4P/c1-6-13-22-24(29-22)19-25-23(30-25)17-11-9-7-8-10-14-20-15-12-16-21(18-20)31-32(28,26(2)3)27(4)5/h12,15-16,18,22-25H,6-11,13-14,17,19H2,1-5H3. The Bertz CT molecular complexity index is 745. The van der Waals surface area contributed by atoms with E-state index in [9.17, 15) is 4.57 Å². The van der Waals surface area contributed by atoms with Crippen molar-refractivity contribution in [3.05, 3.63) is 29.8 Å². The van der Waals surface area contributed by atoms with E-state index in [1.165, 1.54) is 56.9 Å². The summed E-state index contributed by atoms with van der Waals surface area (Å²) in [4.78, 5) is 0. The van der Waals surface area contributed by atoms with Crippen LogP contribution < -0.4 is 4.52 Å². The van der Waals surface area contributed by atoms with Gasteiger partial charge in [-0.3, -0.25) is 0 Å². The van der Waals surface area contributed by atoms with Gasteiger partial charge in [-0.2, -0.15) is 0 Å². The van der Waals surface area contributed by atoms with Crippen molar-refractivity contribution in [3.8, 4) is 5.75 Å². The molecule has 1 aromatic carbocycles. The van der Waals surface area contributed by atoms with Gasteiger partial charge in [0.15, 0.2) is 0 Å². The number of benzene rings is 1. The average molecular weight is 467 g/mol. The Hall–Kier alpha value is -0.910. The smallest absolute Gasteiger partial charge is 0.394 e. The molecule has 4 atom stereocenters. The van der Waals surface area contributed by atoms with E-state index in [2.05, 4.69) is 13.0 Å². The molecule has 2 aliphatic heterocycles. The van der Waals surface area contributed by atoms with Crippen LogP contribution in [0.4, 0.5) is 0 Å². The highest BCUT2D eigenvalue weighted by atomic mass is 31.2. The molecule has 0 aromatic heterocycles. The minimum atomic E-state index is -3.02. The van der Waals surface area contributed by atoms with Crippen molar-refractivity contribution in [2.24, 2.45) is 0 Å². The molecule has 2 saturated heterocycles. The van der Waals surface area contributed by atoms with Crippen molar-refractivity contribution < 1.29 is 18.6 Å². The van der Waals surface area contributed by atoms with Crippen molar-refractivity contribution in [1.82, 2.24) is 9.34 Å². The molecule has 0 amide bonds. The van der Waals surface area contributed by atoms with Crippen LogP contribution in [-0.2, 0) is 20.5 Å². The molecule has 0 spiro atoms. The zero-order valence-electron chi connectivity index (χ0n) is 20.7. The lowest BCUT2D eigenvalue weighted by atomic mass is 10.0. The summed E-state index contributed by atoms with van der Waals surface area (Å²) in [6.07, 6.45) is 13.9. The Morgan fingerprint density at radius 1 is 0.875 bits per heavy atom. The van der Waals surface area contributed by atoms with Gasteiger partial charge in [0.25, 0.3) is 0 Å². The summed E-state index contributed by atoms with van der Waals surface area (Å²) < 4.78 is 33.8. The van der Waals surface area contributed by atoms with Gasteiger partial charge in [-0.25, -0.2) is 13.9 Å². The predicted octanol–water partition coefficient (Wildman–Crippen LogP) is 5.90. The van der Waals surface area contributed by atoms with Gasteiger partial charge in [-0.15, -0.1) is 0 Å². The second kappa shape index (κ2) is 12.0. The first-order chi connectivity index (χ1) is 15.3. The van der Waals surface area contributed by atoms with Gasteiger partial charge in [0, 0.05) is 6.42 Å². The molecule has 0 radical (unpaired) electrons. The van der Waals surface area contributed by atoms with Crippen molar-refractivity contribution in [1.29, 1.82) is 0 Å². The third-order valence-electron chi connectivity index (χ3n) is 6.50. The Morgan fingerprint density at radius 2 is 1.50 bits per heavy atom. The second-order valence-electron chi connectivity index (χ2n) is 9.68. The van der Waals surface area contributed by atoms with Crippen LogP contribution in [0.15, 0.2) is 24.3 Å². The summed E-state index contributed by atoms with van der Waals surface area (Å²) in [6, 6.07) is 8.03. The van der Waals surface area contributed by atoms with Gasteiger partial charge >= 0.3 is 7.67 Å². The molecule has 2 fully saturated rings. The van der Waals surface area contributed by atoms with E-state index in [4.69, 9.17) is 14.0 Å². The van der Waals surface area contributed by atoms with Crippen molar-refractivity contribution in [3.63, 3.8) is 0 Å². The lowest BCUT2D eigenvalue weighted by Gasteiger charge is -2.29. The number of nitrogens with zero attached hydrogens (tertiary/aromatic N) is 2. The van der Waals surface area contributed by atoms with Crippen LogP contribution in [0.5, 0.6) is 5.75 Å². The topological polar surface area (TPSA) is 57.8 Å². The SMILES string of the molecule is CCCC1OC1CC1OC1CCCCCCCc1cccc(OP(=O)(N(C)C)N(C)C)c1. The maximum absolute atomic E-state index is 13.0. The van der Waals surface area contributed by atoms with E-state index in [-0.39, 0.29) is 0 Å². The number of hydrogen-bond donors (Lipinski definition) is 0. The summed E-state index contributed by atoms with van der Waals surface area (Å²) >= 11 is 0. The summed E-state index contributed by atoms with van der Waals surface area (Å²) in [6.45, 7) is 2.22. The number of ether oxygens (including phenoxy) is 2. The van der Waals surface area contributed by atoms with E-state index in [1.807, 2.05) is 18.2 Å². The average Bonchev–Trinajstić information content (AvgIpc) is 3.66. The molecule has 3 rings (SSSR count). The van der Waals surface area contributed by atoms with Gasteiger partial charge in [0.2, 0.25) is 0 Å². The van der Waals surface area contributed by atoms with Crippen LogP contribution in [0.1, 0.15) is 70.3 Å². The van der Waals surface area contributed by atoms with Gasteiger partial charge in [-0.05, 0) is 71.6 Å². The number of unbranched alkanes of at least 4 members (excludes halogenated alkanes) is 4. The van der Waals surface area contributed by atoms with Crippen molar-refractivity contribution in [2.45, 2.75) is 95.5 Å².